The summed E-state index contributed by atoms with van der Waals surface area (Å²) < 4.78 is 0. The Morgan fingerprint density at radius 2 is 2.29 bits per heavy atom. The number of nitrogens with zero attached hydrogens (tertiary/aromatic N) is 2. The van der Waals surface area contributed by atoms with Crippen LogP contribution in [0.1, 0.15) is 30.7 Å². The molecular formula is C13H21N3O. The van der Waals surface area contributed by atoms with E-state index in [1.165, 1.54) is 12.8 Å². The molecular weight excluding hydrogens is 214 g/mol. The normalized spacial score (nSPS) is 21.6. The quantitative estimate of drug-likeness (QED) is 0.831. The number of hydrogen-bond acceptors (Lipinski definition) is 4. The smallest absolute Gasteiger partial charge is 0.138 e. The van der Waals surface area contributed by atoms with Gasteiger partial charge in [-0.1, -0.05) is 6.42 Å². The van der Waals surface area contributed by atoms with E-state index in [4.69, 9.17) is 5.73 Å². The fourth-order valence-corrected chi connectivity index (χ4v) is 2.45. The molecule has 0 amide bonds. The fourth-order valence-electron chi connectivity index (χ4n) is 2.45. The van der Waals surface area contributed by atoms with Crippen molar-refractivity contribution in [1.29, 1.82) is 0 Å². The highest BCUT2D eigenvalue weighted by Gasteiger charge is 2.22. The van der Waals surface area contributed by atoms with Crippen LogP contribution in [0, 0.1) is 6.92 Å². The zero-order valence-corrected chi connectivity index (χ0v) is 10.4. The van der Waals surface area contributed by atoms with Gasteiger partial charge >= 0.3 is 0 Å². The first-order valence-electron chi connectivity index (χ1n) is 6.30. The summed E-state index contributed by atoms with van der Waals surface area (Å²) in [5, 5.41) is 9.80. The van der Waals surface area contributed by atoms with Crippen LogP contribution in [0.2, 0.25) is 0 Å². The Kier molecular flexibility index (Phi) is 3.97. The van der Waals surface area contributed by atoms with Gasteiger partial charge in [-0.25, -0.2) is 0 Å². The number of aromatic nitrogens is 1. The molecule has 4 heteroatoms. The summed E-state index contributed by atoms with van der Waals surface area (Å²) in [6.45, 7) is 4.39. The first kappa shape index (κ1) is 12.3. The first-order chi connectivity index (χ1) is 8.20. The Labute approximate surface area is 102 Å². The standard InChI is InChI=1S/C13H21N3O/c1-10-5-6-13(17)12(15-10)9-16-7-3-2-4-11(16)8-14/h5-6,11,17H,2-4,7-9,14H2,1H3. The van der Waals surface area contributed by atoms with Crippen LogP contribution in [0.5, 0.6) is 5.75 Å². The van der Waals surface area contributed by atoms with Crippen molar-refractivity contribution < 1.29 is 5.11 Å². The van der Waals surface area contributed by atoms with Gasteiger partial charge in [0.2, 0.25) is 0 Å². The Balaban J connectivity index is 2.10. The summed E-state index contributed by atoms with van der Waals surface area (Å²) >= 11 is 0. The minimum atomic E-state index is 0.289. The van der Waals surface area contributed by atoms with Crippen molar-refractivity contribution in [3.05, 3.63) is 23.5 Å². The van der Waals surface area contributed by atoms with Crippen LogP contribution in [0.15, 0.2) is 12.1 Å². The lowest BCUT2D eigenvalue weighted by Crippen LogP contribution is -2.43. The van der Waals surface area contributed by atoms with Gasteiger partial charge in [0.15, 0.2) is 0 Å². The number of likely N-dealkylation sites (tertiary alicyclic amines) is 1. The van der Waals surface area contributed by atoms with Crippen LogP contribution in [0.3, 0.4) is 0 Å². The Morgan fingerprint density at radius 3 is 3.06 bits per heavy atom. The molecule has 0 spiro atoms. The lowest BCUT2D eigenvalue weighted by atomic mass is 10.0. The van der Waals surface area contributed by atoms with Gasteiger partial charge in [-0.2, -0.15) is 0 Å². The first-order valence-corrected chi connectivity index (χ1v) is 6.30. The zero-order valence-electron chi connectivity index (χ0n) is 10.4. The SMILES string of the molecule is Cc1ccc(O)c(CN2CCCCC2CN)n1. The number of hydrogen-bond donors (Lipinski definition) is 2. The van der Waals surface area contributed by atoms with Crippen molar-refractivity contribution in [1.82, 2.24) is 9.88 Å². The molecule has 0 saturated carbocycles. The molecule has 0 aliphatic carbocycles. The predicted molar refractivity (Wildman–Crippen MR) is 67.7 cm³/mol. The minimum absolute atomic E-state index is 0.289. The highest BCUT2D eigenvalue weighted by Crippen LogP contribution is 2.22. The van der Waals surface area contributed by atoms with Crippen LogP contribution in [-0.2, 0) is 6.54 Å². The van der Waals surface area contributed by atoms with E-state index in [1.807, 2.05) is 13.0 Å². The van der Waals surface area contributed by atoms with Crippen LogP contribution in [0.25, 0.3) is 0 Å². The third-order valence-corrected chi connectivity index (χ3v) is 3.46. The maximum absolute atomic E-state index is 9.80. The second-order valence-electron chi connectivity index (χ2n) is 4.77. The number of piperidine rings is 1. The summed E-state index contributed by atoms with van der Waals surface area (Å²) in [6, 6.07) is 3.99. The molecule has 1 aromatic rings. The third kappa shape index (κ3) is 2.96. The Hall–Kier alpha value is -1.13. The van der Waals surface area contributed by atoms with Crippen LogP contribution in [-0.4, -0.2) is 34.1 Å². The number of rotatable bonds is 3. The molecule has 3 N–H and O–H groups in total. The minimum Gasteiger partial charge on any atom is -0.506 e. The number of aromatic hydroxyl groups is 1. The van der Waals surface area contributed by atoms with E-state index in [0.717, 1.165) is 24.4 Å². The van der Waals surface area contributed by atoms with E-state index in [-0.39, 0.29) is 5.75 Å². The fraction of sp³-hybridized carbons (Fsp3) is 0.615. The summed E-state index contributed by atoms with van der Waals surface area (Å²) in [5.74, 6) is 0.289. The van der Waals surface area contributed by atoms with Gasteiger partial charge in [-0.05, 0) is 38.4 Å². The molecule has 4 nitrogen and oxygen atoms in total. The monoisotopic (exact) mass is 235 g/mol. The molecule has 1 aromatic heterocycles. The van der Waals surface area contributed by atoms with Crippen LogP contribution >= 0.6 is 0 Å². The van der Waals surface area contributed by atoms with E-state index in [0.29, 0.717) is 19.1 Å². The van der Waals surface area contributed by atoms with Gasteiger partial charge in [0.1, 0.15) is 5.75 Å². The van der Waals surface area contributed by atoms with Crippen molar-refractivity contribution in [2.24, 2.45) is 5.73 Å². The number of aryl methyl sites for hydroxylation is 1. The van der Waals surface area contributed by atoms with Gasteiger partial charge in [-0.15, -0.1) is 0 Å². The second kappa shape index (κ2) is 5.47. The van der Waals surface area contributed by atoms with E-state index >= 15 is 0 Å². The predicted octanol–water partition coefficient (Wildman–Crippen LogP) is 1.41. The molecule has 1 aliphatic heterocycles. The van der Waals surface area contributed by atoms with Gasteiger partial charge in [-0.3, -0.25) is 9.88 Å². The highest BCUT2D eigenvalue weighted by molar-refractivity contribution is 5.27. The Bertz CT molecular complexity index is 381. The second-order valence-corrected chi connectivity index (χ2v) is 4.77. The van der Waals surface area contributed by atoms with Gasteiger partial charge in [0, 0.05) is 24.8 Å². The molecule has 2 rings (SSSR count). The van der Waals surface area contributed by atoms with Gasteiger partial charge in [0.05, 0.1) is 5.69 Å². The summed E-state index contributed by atoms with van der Waals surface area (Å²) in [4.78, 5) is 6.74. The molecule has 0 radical (unpaired) electrons. The third-order valence-electron chi connectivity index (χ3n) is 3.46. The van der Waals surface area contributed by atoms with Crippen molar-refractivity contribution in [2.45, 2.75) is 38.8 Å². The van der Waals surface area contributed by atoms with E-state index in [1.54, 1.807) is 6.07 Å². The van der Waals surface area contributed by atoms with Crippen LogP contribution in [0.4, 0.5) is 0 Å². The highest BCUT2D eigenvalue weighted by atomic mass is 16.3. The van der Waals surface area contributed by atoms with Gasteiger partial charge in [0.25, 0.3) is 0 Å². The van der Waals surface area contributed by atoms with E-state index in [9.17, 15) is 5.11 Å². The molecule has 2 heterocycles. The molecule has 0 aromatic carbocycles. The zero-order chi connectivity index (χ0) is 12.3. The number of pyridine rings is 1. The van der Waals surface area contributed by atoms with Crippen molar-refractivity contribution in [3.8, 4) is 5.75 Å². The molecule has 17 heavy (non-hydrogen) atoms. The Morgan fingerprint density at radius 1 is 1.47 bits per heavy atom. The van der Waals surface area contributed by atoms with Crippen molar-refractivity contribution >= 4 is 0 Å². The summed E-state index contributed by atoms with van der Waals surface area (Å²) in [6.07, 6.45) is 3.62. The van der Waals surface area contributed by atoms with Crippen LogP contribution < -0.4 is 5.73 Å². The molecule has 0 bridgehead atoms. The molecule has 1 unspecified atom stereocenters. The van der Waals surface area contributed by atoms with E-state index in [2.05, 4.69) is 9.88 Å². The molecule has 1 aliphatic rings. The lowest BCUT2D eigenvalue weighted by molar-refractivity contribution is 0.141. The maximum atomic E-state index is 9.80. The van der Waals surface area contributed by atoms with Crippen molar-refractivity contribution in [2.75, 3.05) is 13.1 Å². The summed E-state index contributed by atoms with van der Waals surface area (Å²) in [5.41, 5.74) is 7.50. The molecule has 1 fully saturated rings. The van der Waals surface area contributed by atoms with Crippen molar-refractivity contribution in [3.63, 3.8) is 0 Å². The molecule has 94 valence electrons. The lowest BCUT2D eigenvalue weighted by Gasteiger charge is -2.34. The largest absolute Gasteiger partial charge is 0.506 e. The average Bonchev–Trinajstić information content (AvgIpc) is 2.34. The molecule has 1 atom stereocenters. The summed E-state index contributed by atoms with van der Waals surface area (Å²) in [7, 11) is 0. The topological polar surface area (TPSA) is 62.4 Å². The molecule has 1 saturated heterocycles. The maximum Gasteiger partial charge on any atom is 0.138 e. The van der Waals surface area contributed by atoms with E-state index < -0.39 is 0 Å². The number of nitrogens with two attached hydrogens (primary N) is 1. The van der Waals surface area contributed by atoms with Gasteiger partial charge < -0.3 is 10.8 Å². The average molecular weight is 235 g/mol.